The van der Waals surface area contributed by atoms with Crippen LogP contribution in [-0.4, -0.2) is 34.4 Å². The molecule has 0 radical (unpaired) electrons. The lowest BCUT2D eigenvalue weighted by Crippen LogP contribution is -2.27. The SMILES string of the molecule is Cc1[nH]ncc1C(=O)N(C)Cc1ccccc1OC(F)(F)F. The largest absolute Gasteiger partial charge is 0.573 e. The first-order chi connectivity index (χ1) is 10.3. The molecule has 0 atom stereocenters. The molecule has 0 fully saturated rings. The summed E-state index contributed by atoms with van der Waals surface area (Å²) >= 11 is 0. The Morgan fingerprint density at radius 1 is 1.36 bits per heavy atom. The zero-order valence-corrected chi connectivity index (χ0v) is 11.9. The lowest BCUT2D eigenvalue weighted by molar-refractivity contribution is -0.274. The molecule has 0 saturated carbocycles. The van der Waals surface area contributed by atoms with Gasteiger partial charge in [0, 0.05) is 24.8 Å². The topological polar surface area (TPSA) is 58.2 Å². The summed E-state index contributed by atoms with van der Waals surface area (Å²) in [6.45, 7) is 1.67. The van der Waals surface area contributed by atoms with Crippen LogP contribution in [-0.2, 0) is 6.54 Å². The van der Waals surface area contributed by atoms with Gasteiger partial charge in [0.25, 0.3) is 5.91 Å². The van der Waals surface area contributed by atoms with E-state index in [-0.39, 0.29) is 23.8 Å². The standard InChI is InChI=1S/C14H14F3N3O2/c1-9-11(7-18-19-9)13(21)20(2)8-10-5-3-4-6-12(10)22-14(15,16)17/h3-7H,8H2,1-2H3,(H,18,19). The van der Waals surface area contributed by atoms with E-state index in [0.29, 0.717) is 11.3 Å². The minimum Gasteiger partial charge on any atom is -0.405 e. The van der Waals surface area contributed by atoms with Gasteiger partial charge in [0.2, 0.25) is 0 Å². The molecule has 0 aliphatic carbocycles. The first-order valence-electron chi connectivity index (χ1n) is 6.37. The second-order valence-electron chi connectivity index (χ2n) is 4.73. The van der Waals surface area contributed by atoms with E-state index < -0.39 is 6.36 Å². The van der Waals surface area contributed by atoms with Crippen molar-refractivity contribution in [2.24, 2.45) is 0 Å². The number of carbonyl (C=O) groups is 1. The normalized spacial score (nSPS) is 11.3. The molecule has 22 heavy (non-hydrogen) atoms. The van der Waals surface area contributed by atoms with Gasteiger partial charge in [-0.2, -0.15) is 5.10 Å². The second-order valence-corrected chi connectivity index (χ2v) is 4.73. The number of alkyl halides is 3. The number of nitrogens with one attached hydrogen (secondary N) is 1. The molecular formula is C14H14F3N3O2. The number of para-hydroxylation sites is 1. The van der Waals surface area contributed by atoms with E-state index in [2.05, 4.69) is 14.9 Å². The highest BCUT2D eigenvalue weighted by Gasteiger charge is 2.32. The van der Waals surface area contributed by atoms with E-state index in [1.54, 1.807) is 13.0 Å². The van der Waals surface area contributed by atoms with Crippen molar-refractivity contribution in [2.75, 3.05) is 7.05 Å². The van der Waals surface area contributed by atoms with Gasteiger partial charge in [-0.25, -0.2) is 0 Å². The number of H-pyrrole nitrogens is 1. The molecule has 0 bridgehead atoms. The zero-order chi connectivity index (χ0) is 16.3. The van der Waals surface area contributed by atoms with Crippen LogP contribution < -0.4 is 4.74 Å². The predicted octanol–water partition coefficient (Wildman–Crippen LogP) is 2.89. The van der Waals surface area contributed by atoms with E-state index >= 15 is 0 Å². The molecular weight excluding hydrogens is 299 g/mol. The number of nitrogens with zero attached hydrogens (tertiary/aromatic N) is 2. The van der Waals surface area contributed by atoms with Crippen LogP contribution in [0.25, 0.3) is 0 Å². The van der Waals surface area contributed by atoms with E-state index in [1.165, 1.54) is 36.3 Å². The zero-order valence-electron chi connectivity index (χ0n) is 11.9. The predicted molar refractivity (Wildman–Crippen MR) is 72.2 cm³/mol. The number of hydrogen-bond donors (Lipinski definition) is 1. The van der Waals surface area contributed by atoms with Crippen LogP contribution in [0.4, 0.5) is 13.2 Å². The van der Waals surface area contributed by atoms with Crippen LogP contribution in [0.3, 0.4) is 0 Å². The molecule has 0 unspecified atom stereocenters. The summed E-state index contributed by atoms with van der Waals surface area (Å²) in [6.07, 6.45) is -3.40. The highest BCUT2D eigenvalue weighted by atomic mass is 19.4. The fraction of sp³-hybridized carbons (Fsp3) is 0.286. The molecule has 0 aliphatic rings. The third-order valence-corrected chi connectivity index (χ3v) is 3.01. The maximum atomic E-state index is 12.4. The smallest absolute Gasteiger partial charge is 0.405 e. The Morgan fingerprint density at radius 2 is 2.05 bits per heavy atom. The van der Waals surface area contributed by atoms with Crippen LogP contribution in [0, 0.1) is 6.92 Å². The summed E-state index contributed by atoms with van der Waals surface area (Å²) < 4.78 is 41.1. The maximum Gasteiger partial charge on any atom is 0.573 e. The number of rotatable bonds is 4. The third kappa shape index (κ3) is 3.78. The first-order valence-corrected chi connectivity index (χ1v) is 6.37. The Hall–Kier alpha value is -2.51. The number of ether oxygens (including phenoxy) is 1. The molecule has 118 valence electrons. The van der Waals surface area contributed by atoms with Crippen LogP contribution in [0.5, 0.6) is 5.75 Å². The number of aromatic amines is 1. The lowest BCUT2D eigenvalue weighted by atomic mass is 10.1. The van der Waals surface area contributed by atoms with Crippen molar-refractivity contribution in [1.82, 2.24) is 15.1 Å². The molecule has 0 aliphatic heterocycles. The Balaban J connectivity index is 2.17. The highest BCUT2D eigenvalue weighted by molar-refractivity contribution is 5.94. The van der Waals surface area contributed by atoms with Gasteiger partial charge in [0.05, 0.1) is 11.8 Å². The van der Waals surface area contributed by atoms with Gasteiger partial charge in [-0.1, -0.05) is 18.2 Å². The number of carbonyl (C=O) groups excluding carboxylic acids is 1. The summed E-state index contributed by atoms with van der Waals surface area (Å²) in [5.74, 6) is -0.661. The average Bonchev–Trinajstić information content (AvgIpc) is 2.84. The monoisotopic (exact) mass is 313 g/mol. The van der Waals surface area contributed by atoms with Crippen molar-refractivity contribution >= 4 is 5.91 Å². The summed E-state index contributed by atoms with van der Waals surface area (Å²) in [4.78, 5) is 13.5. The molecule has 8 heteroatoms. The quantitative estimate of drug-likeness (QED) is 0.944. The van der Waals surface area contributed by atoms with Gasteiger partial charge in [-0.05, 0) is 13.0 Å². The average molecular weight is 313 g/mol. The summed E-state index contributed by atoms with van der Waals surface area (Å²) in [5.41, 5.74) is 1.23. The molecule has 2 aromatic rings. The van der Waals surface area contributed by atoms with Gasteiger partial charge in [0.1, 0.15) is 5.75 Å². The molecule has 1 N–H and O–H groups in total. The van der Waals surface area contributed by atoms with E-state index in [1.807, 2.05) is 0 Å². The third-order valence-electron chi connectivity index (χ3n) is 3.01. The van der Waals surface area contributed by atoms with Crippen LogP contribution in [0.15, 0.2) is 30.5 Å². The van der Waals surface area contributed by atoms with Gasteiger partial charge in [-0.3, -0.25) is 9.89 Å². The number of hydrogen-bond acceptors (Lipinski definition) is 3. The van der Waals surface area contributed by atoms with Crippen LogP contribution >= 0.6 is 0 Å². The van der Waals surface area contributed by atoms with Gasteiger partial charge in [0.15, 0.2) is 0 Å². The molecule has 1 aromatic heterocycles. The number of aryl methyl sites for hydroxylation is 1. The molecule has 5 nitrogen and oxygen atoms in total. The first kappa shape index (κ1) is 15.9. The van der Waals surface area contributed by atoms with Gasteiger partial charge in [-0.15, -0.1) is 13.2 Å². The highest BCUT2D eigenvalue weighted by Crippen LogP contribution is 2.27. The minimum atomic E-state index is -4.78. The molecule has 1 aromatic carbocycles. The van der Waals surface area contributed by atoms with E-state index in [4.69, 9.17) is 0 Å². The number of aromatic nitrogens is 2. The Bertz CT molecular complexity index is 667. The van der Waals surface area contributed by atoms with Crippen molar-refractivity contribution in [3.63, 3.8) is 0 Å². The van der Waals surface area contributed by atoms with Crippen molar-refractivity contribution in [2.45, 2.75) is 19.8 Å². The maximum absolute atomic E-state index is 12.4. The van der Waals surface area contributed by atoms with Crippen molar-refractivity contribution in [3.8, 4) is 5.75 Å². The Kier molecular flexibility index (Phi) is 4.39. The van der Waals surface area contributed by atoms with Crippen LogP contribution in [0.2, 0.25) is 0 Å². The van der Waals surface area contributed by atoms with E-state index in [9.17, 15) is 18.0 Å². The van der Waals surface area contributed by atoms with Crippen molar-refractivity contribution in [3.05, 3.63) is 47.3 Å². The summed E-state index contributed by atoms with van der Waals surface area (Å²) in [7, 11) is 1.50. The van der Waals surface area contributed by atoms with Gasteiger partial charge >= 0.3 is 6.36 Å². The lowest BCUT2D eigenvalue weighted by Gasteiger charge is -2.19. The fourth-order valence-electron chi connectivity index (χ4n) is 1.96. The van der Waals surface area contributed by atoms with Gasteiger partial charge < -0.3 is 9.64 Å². The summed E-state index contributed by atoms with van der Waals surface area (Å²) in [5, 5.41) is 6.39. The number of amides is 1. The number of halogens is 3. The molecule has 2 rings (SSSR count). The van der Waals surface area contributed by atoms with Crippen LogP contribution in [0.1, 0.15) is 21.6 Å². The second kappa shape index (κ2) is 6.08. The Labute approximate surface area is 124 Å². The van der Waals surface area contributed by atoms with E-state index in [0.717, 1.165) is 0 Å². The summed E-state index contributed by atoms with van der Waals surface area (Å²) in [6, 6.07) is 5.71. The Morgan fingerprint density at radius 3 is 2.64 bits per heavy atom. The fourth-order valence-corrected chi connectivity index (χ4v) is 1.96. The minimum absolute atomic E-state index is 0.0181. The molecule has 1 amide bonds. The molecule has 1 heterocycles. The van der Waals surface area contributed by atoms with Crippen molar-refractivity contribution in [1.29, 1.82) is 0 Å². The number of benzene rings is 1. The molecule has 0 spiro atoms. The molecule has 0 saturated heterocycles. The van der Waals surface area contributed by atoms with Crippen molar-refractivity contribution < 1.29 is 22.7 Å².